The third-order valence-electron chi connectivity index (χ3n) is 3.10. The van der Waals surface area contributed by atoms with E-state index in [0.717, 1.165) is 22.4 Å². The highest BCUT2D eigenvalue weighted by atomic mass is 35.5. The molecule has 0 saturated carbocycles. The van der Waals surface area contributed by atoms with Gasteiger partial charge >= 0.3 is 0 Å². The minimum absolute atomic E-state index is 0. The van der Waals surface area contributed by atoms with Crippen LogP contribution in [0.25, 0.3) is 0 Å². The summed E-state index contributed by atoms with van der Waals surface area (Å²) in [7, 11) is 0. The minimum Gasteiger partial charge on any atom is -0.346 e. The van der Waals surface area contributed by atoms with Crippen molar-refractivity contribution < 1.29 is 9.59 Å². The number of aromatic nitrogens is 1. The number of carbonyl (C=O) groups is 2. The van der Waals surface area contributed by atoms with Crippen molar-refractivity contribution in [3.05, 3.63) is 45.4 Å². The molecular formula is C15H18Cl2N4O2S. The molecule has 1 aromatic carbocycles. The van der Waals surface area contributed by atoms with Crippen molar-refractivity contribution in [1.29, 1.82) is 0 Å². The number of thiazole rings is 1. The Morgan fingerprint density at radius 1 is 1.33 bits per heavy atom. The largest absolute Gasteiger partial charge is 0.346 e. The lowest BCUT2D eigenvalue weighted by Gasteiger charge is -2.04. The van der Waals surface area contributed by atoms with Gasteiger partial charge in [-0.3, -0.25) is 9.59 Å². The van der Waals surface area contributed by atoms with E-state index in [2.05, 4.69) is 15.6 Å². The standard InChI is InChI=1S/C15H17ClN4O2S.ClH/c1-9-4-11(16)3-2-10(9)5-12-7-19-15(23-12)20-14(22)8-18-13(21)6-17;/h2-4,7H,5-6,8,17H2,1H3,(H,18,21)(H,19,20,22);1H. The van der Waals surface area contributed by atoms with Crippen LogP contribution < -0.4 is 16.4 Å². The number of benzene rings is 1. The first kappa shape index (κ1) is 20.4. The van der Waals surface area contributed by atoms with E-state index in [9.17, 15) is 9.59 Å². The average Bonchev–Trinajstić information content (AvgIpc) is 2.94. The monoisotopic (exact) mass is 388 g/mol. The summed E-state index contributed by atoms with van der Waals surface area (Å²) in [5, 5.41) is 6.25. The van der Waals surface area contributed by atoms with E-state index in [1.165, 1.54) is 11.3 Å². The lowest BCUT2D eigenvalue weighted by Crippen LogP contribution is -2.36. The maximum atomic E-state index is 11.7. The van der Waals surface area contributed by atoms with Crippen LogP contribution in [0, 0.1) is 6.92 Å². The van der Waals surface area contributed by atoms with Gasteiger partial charge in [0.25, 0.3) is 0 Å². The minimum atomic E-state index is -0.377. The first-order valence-electron chi connectivity index (χ1n) is 6.94. The van der Waals surface area contributed by atoms with E-state index in [1.54, 1.807) is 6.20 Å². The maximum Gasteiger partial charge on any atom is 0.245 e. The van der Waals surface area contributed by atoms with Crippen molar-refractivity contribution in [2.24, 2.45) is 5.73 Å². The predicted molar refractivity (Wildman–Crippen MR) is 99.1 cm³/mol. The molecule has 0 radical (unpaired) electrons. The van der Waals surface area contributed by atoms with Gasteiger partial charge in [0.05, 0.1) is 13.1 Å². The molecule has 0 aliphatic carbocycles. The Labute approximate surface area is 155 Å². The molecule has 1 aromatic heterocycles. The zero-order valence-electron chi connectivity index (χ0n) is 13.0. The van der Waals surface area contributed by atoms with Crippen LogP contribution in [-0.2, 0) is 16.0 Å². The number of anilines is 1. The molecule has 0 saturated heterocycles. The third kappa shape index (κ3) is 6.09. The Hall–Kier alpha value is -1.67. The molecule has 0 unspecified atom stereocenters. The molecule has 2 amide bonds. The highest BCUT2D eigenvalue weighted by Gasteiger charge is 2.09. The van der Waals surface area contributed by atoms with Crippen LogP contribution >= 0.6 is 35.3 Å². The number of carbonyl (C=O) groups excluding carboxylic acids is 2. The molecule has 4 N–H and O–H groups in total. The topological polar surface area (TPSA) is 97.1 Å². The first-order valence-corrected chi connectivity index (χ1v) is 8.13. The van der Waals surface area contributed by atoms with Crippen molar-refractivity contribution >= 4 is 52.3 Å². The summed E-state index contributed by atoms with van der Waals surface area (Å²) in [6.07, 6.45) is 2.45. The summed E-state index contributed by atoms with van der Waals surface area (Å²) in [6.45, 7) is 1.74. The highest BCUT2D eigenvalue weighted by Crippen LogP contribution is 2.23. The van der Waals surface area contributed by atoms with Crippen molar-refractivity contribution in [3.63, 3.8) is 0 Å². The number of amides is 2. The zero-order chi connectivity index (χ0) is 16.8. The molecular weight excluding hydrogens is 371 g/mol. The van der Waals surface area contributed by atoms with Crippen molar-refractivity contribution in [3.8, 4) is 0 Å². The van der Waals surface area contributed by atoms with Gasteiger partial charge in [0.1, 0.15) is 0 Å². The molecule has 2 aromatic rings. The number of hydrogen-bond donors (Lipinski definition) is 3. The fraction of sp³-hybridized carbons (Fsp3) is 0.267. The van der Waals surface area contributed by atoms with Gasteiger partial charge in [0, 0.05) is 22.5 Å². The van der Waals surface area contributed by atoms with E-state index < -0.39 is 0 Å². The van der Waals surface area contributed by atoms with Gasteiger partial charge in [-0.25, -0.2) is 4.98 Å². The quantitative estimate of drug-likeness (QED) is 0.705. The zero-order valence-corrected chi connectivity index (χ0v) is 15.4. The van der Waals surface area contributed by atoms with E-state index >= 15 is 0 Å². The first-order chi connectivity index (χ1) is 11.0. The van der Waals surface area contributed by atoms with E-state index in [1.807, 2.05) is 25.1 Å². The molecule has 0 bridgehead atoms. The fourth-order valence-corrected chi connectivity index (χ4v) is 2.99. The number of halogens is 2. The molecule has 0 atom stereocenters. The molecule has 2 rings (SSSR count). The summed E-state index contributed by atoms with van der Waals surface area (Å²) in [5.41, 5.74) is 7.42. The average molecular weight is 389 g/mol. The lowest BCUT2D eigenvalue weighted by molar-refractivity contribution is -0.123. The summed E-state index contributed by atoms with van der Waals surface area (Å²) < 4.78 is 0. The molecule has 0 spiro atoms. The normalized spacial score (nSPS) is 9.96. The summed E-state index contributed by atoms with van der Waals surface area (Å²) in [4.78, 5) is 27.9. The van der Waals surface area contributed by atoms with Crippen LogP contribution in [0.2, 0.25) is 5.02 Å². The molecule has 0 aliphatic heterocycles. The van der Waals surface area contributed by atoms with Crippen LogP contribution in [0.15, 0.2) is 24.4 Å². The van der Waals surface area contributed by atoms with Gasteiger partial charge in [-0.05, 0) is 30.2 Å². The van der Waals surface area contributed by atoms with Gasteiger partial charge in [-0.15, -0.1) is 23.7 Å². The predicted octanol–water partition coefficient (Wildman–Crippen LogP) is 2.13. The lowest BCUT2D eigenvalue weighted by atomic mass is 10.1. The molecule has 24 heavy (non-hydrogen) atoms. The van der Waals surface area contributed by atoms with E-state index in [0.29, 0.717) is 10.2 Å². The van der Waals surface area contributed by atoms with E-state index in [4.69, 9.17) is 17.3 Å². The number of nitrogens with zero attached hydrogens (tertiary/aromatic N) is 1. The van der Waals surface area contributed by atoms with Gasteiger partial charge in [0.15, 0.2) is 5.13 Å². The van der Waals surface area contributed by atoms with E-state index in [-0.39, 0.29) is 37.3 Å². The van der Waals surface area contributed by atoms with Crippen LogP contribution in [-0.4, -0.2) is 29.9 Å². The van der Waals surface area contributed by atoms with Crippen LogP contribution in [0.3, 0.4) is 0 Å². The number of aryl methyl sites for hydroxylation is 1. The Morgan fingerprint density at radius 3 is 2.75 bits per heavy atom. The third-order valence-corrected chi connectivity index (χ3v) is 4.25. The Balaban J connectivity index is 0.00000288. The second kappa shape index (κ2) is 9.58. The van der Waals surface area contributed by atoms with Gasteiger partial charge < -0.3 is 16.4 Å². The highest BCUT2D eigenvalue weighted by molar-refractivity contribution is 7.15. The molecule has 0 aliphatic rings. The Morgan fingerprint density at radius 2 is 2.08 bits per heavy atom. The van der Waals surface area contributed by atoms with Gasteiger partial charge in [-0.1, -0.05) is 17.7 Å². The SMILES string of the molecule is Cc1cc(Cl)ccc1Cc1cnc(NC(=O)CNC(=O)CN)s1.Cl. The second-order valence-electron chi connectivity index (χ2n) is 4.91. The van der Waals surface area contributed by atoms with Crippen LogP contribution in [0.1, 0.15) is 16.0 Å². The Kier molecular flexibility index (Phi) is 8.14. The van der Waals surface area contributed by atoms with Crippen molar-refractivity contribution in [2.75, 3.05) is 18.4 Å². The summed E-state index contributed by atoms with van der Waals surface area (Å²) >= 11 is 7.34. The number of nitrogens with two attached hydrogens (primary N) is 1. The van der Waals surface area contributed by atoms with Crippen molar-refractivity contribution in [1.82, 2.24) is 10.3 Å². The van der Waals surface area contributed by atoms with Gasteiger partial charge in [0.2, 0.25) is 11.8 Å². The number of nitrogens with one attached hydrogen (secondary N) is 2. The maximum absolute atomic E-state index is 11.7. The summed E-state index contributed by atoms with van der Waals surface area (Å²) in [5.74, 6) is -0.714. The molecule has 9 heteroatoms. The Bertz CT molecular complexity index is 721. The smallest absolute Gasteiger partial charge is 0.245 e. The molecule has 0 fully saturated rings. The molecule has 1 heterocycles. The van der Waals surface area contributed by atoms with Crippen molar-refractivity contribution in [2.45, 2.75) is 13.3 Å². The summed E-state index contributed by atoms with van der Waals surface area (Å²) in [6, 6.07) is 5.76. The van der Waals surface area contributed by atoms with Crippen LogP contribution in [0.5, 0.6) is 0 Å². The number of hydrogen-bond acceptors (Lipinski definition) is 5. The molecule has 130 valence electrons. The molecule has 6 nitrogen and oxygen atoms in total. The van der Waals surface area contributed by atoms with Crippen LogP contribution in [0.4, 0.5) is 5.13 Å². The number of rotatable bonds is 6. The second-order valence-corrected chi connectivity index (χ2v) is 6.46. The van der Waals surface area contributed by atoms with Gasteiger partial charge in [-0.2, -0.15) is 0 Å². The fourth-order valence-electron chi connectivity index (χ4n) is 1.91.